The molecule has 0 bridgehead atoms. The minimum Gasteiger partial charge on any atom is -0.320 e. The van der Waals surface area contributed by atoms with Crippen LogP contribution in [0.5, 0.6) is 0 Å². The molecule has 0 aliphatic carbocycles. The number of nitrogens with zero attached hydrogens (tertiary/aromatic N) is 2. The number of carbonyl (C=O) groups excluding carboxylic acids is 1. The Morgan fingerprint density at radius 2 is 2.05 bits per heavy atom. The highest BCUT2D eigenvalue weighted by Gasteiger charge is 2.20. The zero-order valence-corrected chi connectivity index (χ0v) is 12.9. The molecule has 0 saturated carbocycles. The molecule has 0 fully saturated rings. The van der Waals surface area contributed by atoms with Gasteiger partial charge in [0, 0.05) is 12.2 Å². The van der Waals surface area contributed by atoms with Gasteiger partial charge in [-0.15, -0.1) is 0 Å². The lowest BCUT2D eigenvalue weighted by Crippen LogP contribution is -2.18. The van der Waals surface area contributed by atoms with E-state index < -0.39 is 0 Å². The molecule has 1 aromatic heterocycles. The minimum atomic E-state index is -0.232. The summed E-state index contributed by atoms with van der Waals surface area (Å²) in [4.78, 5) is 12.4. The molecule has 5 heteroatoms. The van der Waals surface area contributed by atoms with Crippen LogP contribution in [0.2, 0.25) is 5.02 Å². The Morgan fingerprint density at radius 3 is 2.65 bits per heavy atom. The van der Waals surface area contributed by atoms with Crippen molar-refractivity contribution in [1.29, 1.82) is 0 Å². The van der Waals surface area contributed by atoms with E-state index in [4.69, 9.17) is 11.6 Å². The second-order valence-corrected chi connectivity index (χ2v) is 5.21. The van der Waals surface area contributed by atoms with Gasteiger partial charge in [0.2, 0.25) is 0 Å². The Bertz CT molecular complexity index is 661. The summed E-state index contributed by atoms with van der Waals surface area (Å²) in [5, 5.41) is 7.56. The third-order valence-corrected chi connectivity index (χ3v) is 3.65. The van der Waals surface area contributed by atoms with E-state index in [0.717, 1.165) is 16.8 Å². The van der Waals surface area contributed by atoms with Gasteiger partial charge in [-0.2, -0.15) is 5.10 Å². The average Bonchev–Trinajstić information content (AvgIpc) is 2.68. The van der Waals surface area contributed by atoms with Gasteiger partial charge in [-0.05, 0) is 39.3 Å². The second kappa shape index (κ2) is 5.67. The van der Waals surface area contributed by atoms with Gasteiger partial charge in [-0.25, -0.2) is 0 Å². The number of benzene rings is 1. The quantitative estimate of drug-likeness (QED) is 0.936. The Kier molecular flexibility index (Phi) is 4.14. The topological polar surface area (TPSA) is 46.9 Å². The summed E-state index contributed by atoms with van der Waals surface area (Å²) in [7, 11) is 0. The fraction of sp³-hybridized carbons (Fsp3) is 0.333. The molecular weight excluding hydrogens is 274 g/mol. The molecule has 2 rings (SSSR count). The molecule has 0 aliphatic heterocycles. The van der Waals surface area contributed by atoms with Gasteiger partial charge in [0.1, 0.15) is 5.69 Å². The molecule has 1 N–H and O–H groups in total. The van der Waals surface area contributed by atoms with Crippen LogP contribution >= 0.6 is 11.6 Å². The van der Waals surface area contributed by atoms with Crippen molar-refractivity contribution in [1.82, 2.24) is 9.78 Å². The van der Waals surface area contributed by atoms with Crippen LogP contribution < -0.4 is 5.32 Å². The molecule has 1 heterocycles. The lowest BCUT2D eigenvalue weighted by Gasteiger charge is -2.10. The van der Waals surface area contributed by atoms with Gasteiger partial charge >= 0.3 is 0 Å². The lowest BCUT2D eigenvalue weighted by molar-refractivity contribution is 0.101. The third kappa shape index (κ3) is 2.70. The molecule has 0 saturated heterocycles. The van der Waals surface area contributed by atoms with Crippen molar-refractivity contribution >= 4 is 23.2 Å². The zero-order valence-electron chi connectivity index (χ0n) is 12.1. The first-order valence-corrected chi connectivity index (χ1v) is 6.93. The number of hydrogen-bond donors (Lipinski definition) is 1. The maximum atomic E-state index is 12.4. The maximum absolute atomic E-state index is 12.4. The van der Waals surface area contributed by atoms with E-state index in [2.05, 4.69) is 10.4 Å². The predicted molar refractivity (Wildman–Crippen MR) is 81.5 cm³/mol. The maximum Gasteiger partial charge on any atom is 0.275 e. The zero-order chi connectivity index (χ0) is 14.9. The normalized spacial score (nSPS) is 10.7. The molecule has 106 valence electrons. The first kappa shape index (κ1) is 14.6. The summed E-state index contributed by atoms with van der Waals surface area (Å²) < 4.78 is 1.62. The number of carbonyl (C=O) groups is 1. The molecule has 1 amide bonds. The Morgan fingerprint density at radius 1 is 1.35 bits per heavy atom. The summed E-state index contributed by atoms with van der Waals surface area (Å²) in [5.41, 5.74) is 4.05. The van der Waals surface area contributed by atoms with Crippen molar-refractivity contribution in [3.05, 3.63) is 45.7 Å². The number of nitrogens with one attached hydrogen (secondary N) is 1. The Labute approximate surface area is 123 Å². The highest BCUT2D eigenvalue weighted by Crippen LogP contribution is 2.23. The van der Waals surface area contributed by atoms with Crippen molar-refractivity contribution in [3.63, 3.8) is 0 Å². The lowest BCUT2D eigenvalue weighted by atomic mass is 10.1. The van der Waals surface area contributed by atoms with Gasteiger partial charge in [-0.1, -0.05) is 29.3 Å². The van der Waals surface area contributed by atoms with Crippen molar-refractivity contribution in [2.75, 3.05) is 5.32 Å². The van der Waals surface area contributed by atoms with Gasteiger partial charge in [0.15, 0.2) is 0 Å². The smallest absolute Gasteiger partial charge is 0.275 e. The molecular formula is C15H18ClN3O. The van der Waals surface area contributed by atoms with Crippen LogP contribution in [-0.4, -0.2) is 15.7 Å². The second-order valence-electron chi connectivity index (χ2n) is 4.84. The third-order valence-electron chi connectivity index (χ3n) is 3.20. The summed E-state index contributed by atoms with van der Waals surface area (Å²) >= 11 is 6.17. The van der Waals surface area contributed by atoms with Crippen LogP contribution in [0.4, 0.5) is 5.69 Å². The van der Waals surface area contributed by atoms with Crippen molar-refractivity contribution in [3.8, 4) is 0 Å². The standard InChI is InChI=1S/C15H18ClN3O/c1-5-19-14(13(16)11(4)18-19)15(20)17-12-7-6-9(2)8-10(12)3/h6-8H,5H2,1-4H3,(H,17,20). The SMILES string of the molecule is CCn1nc(C)c(Cl)c1C(=O)Nc1ccc(C)cc1C. The van der Waals surface area contributed by atoms with Crippen LogP contribution in [0.1, 0.15) is 34.2 Å². The van der Waals surface area contributed by atoms with E-state index in [1.165, 1.54) is 0 Å². The van der Waals surface area contributed by atoms with Gasteiger partial charge < -0.3 is 5.32 Å². The average molecular weight is 292 g/mol. The van der Waals surface area contributed by atoms with Crippen molar-refractivity contribution in [2.24, 2.45) is 0 Å². The highest BCUT2D eigenvalue weighted by molar-refractivity contribution is 6.34. The van der Waals surface area contributed by atoms with Crippen LogP contribution in [0, 0.1) is 20.8 Å². The Hall–Kier alpha value is -1.81. The molecule has 4 nitrogen and oxygen atoms in total. The number of aromatic nitrogens is 2. The van der Waals surface area contributed by atoms with E-state index in [-0.39, 0.29) is 5.91 Å². The van der Waals surface area contributed by atoms with E-state index in [1.54, 1.807) is 11.6 Å². The van der Waals surface area contributed by atoms with Crippen molar-refractivity contribution < 1.29 is 4.79 Å². The highest BCUT2D eigenvalue weighted by atomic mass is 35.5. The van der Waals surface area contributed by atoms with E-state index in [9.17, 15) is 4.79 Å². The molecule has 1 aromatic carbocycles. The number of rotatable bonds is 3. The summed E-state index contributed by atoms with van der Waals surface area (Å²) in [5.74, 6) is -0.232. The van der Waals surface area contributed by atoms with Crippen LogP contribution in [0.25, 0.3) is 0 Å². The fourth-order valence-electron chi connectivity index (χ4n) is 2.14. The largest absolute Gasteiger partial charge is 0.320 e. The van der Waals surface area contributed by atoms with Gasteiger partial charge in [-0.3, -0.25) is 9.48 Å². The monoisotopic (exact) mass is 291 g/mol. The molecule has 2 aromatic rings. The molecule has 0 aliphatic rings. The van der Waals surface area contributed by atoms with E-state index in [1.807, 2.05) is 39.0 Å². The van der Waals surface area contributed by atoms with Gasteiger partial charge in [0.05, 0.1) is 10.7 Å². The number of amides is 1. The summed E-state index contributed by atoms with van der Waals surface area (Å²) in [6.07, 6.45) is 0. The van der Waals surface area contributed by atoms with Crippen molar-refractivity contribution in [2.45, 2.75) is 34.2 Å². The first-order valence-electron chi connectivity index (χ1n) is 6.55. The first-order chi connectivity index (χ1) is 9.43. The Balaban J connectivity index is 2.33. The van der Waals surface area contributed by atoms with Crippen LogP contribution in [0.15, 0.2) is 18.2 Å². The number of anilines is 1. The number of hydrogen-bond acceptors (Lipinski definition) is 2. The fourth-order valence-corrected chi connectivity index (χ4v) is 2.36. The van der Waals surface area contributed by atoms with E-state index in [0.29, 0.717) is 23.0 Å². The molecule has 0 unspecified atom stereocenters. The van der Waals surface area contributed by atoms with Gasteiger partial charge in [0.25, 0.3) is 5.91 Å². The predicted octanol–water partition coefficient (Wildman–Crippen LogP) is 3.73. The molecule has 0 atom stereocenters. The minimum absolute atomic E-state index is 0.232. The summed E-state index contributed by atoms with van der Waals surface area (Å²) in [6, 6.07) is 5.89. The van der Waals surface area contributed by atoms with Crippen LogP contribution in [-0.2, 0) is 6.54 Å². The number of aryl methyl sites for hydroxylation is 4. The summed E-state index contributed by atoms with van der Waals surface area (Å²) in [6.45, 7) is 8.31. The molecule has 20 heavy (non-hydrogen) atoms. The molecule has 0 radical (unpaired) electrons. The molecule has 0 spiro atoms. The van der Waals surface area contributed by atoms with Crippen LogP contribution in [0.3, 0.4) is 0 Å². The van der Waals surface area contributed by atoms with E-state index >= 15 is 0 Å². The number of halogens is 1.